The van der Waals surface area contributed by atoms with Crippen LogP contribution in [-0.2, 0) is 6.42 Å². The minimum Gasteiger partial charge on any atom is -0.479 e. The minimum absolute atomic E-state index is 0.0455. The Balaban J connectivity index is 2.00. The number of ether oxygens (including phenoxy) is 1. The van der Waals surface area contributed by atoms with Gasteiger partial charge in [0.25, 0.3) is 5.88 Å². The molecule has 18 heavy (non-hydrogen) atoms. The zero-order valence-electron chi connectivity index (χ0n) is 10.2. The molecule has 0 aliphatic heterocycles. The molecule has 2 aromatic rings. The van der Waals surface area contributed by atoms with E-state index in [0.29, 0.717) is 5.95 Å². The fourth-order valence-corrected chi connectivity index (χ4v) is 2.40. The molecule has 0 aliphatic carbocycles. The van der Waals surface area contributed by atoms with Crippen LogP contribution < -0.4 is 10.1 Å². The van der Waals surface area contributed by atoms with Crippen molar-refractivity contribution >= 4 is 17.3 Å². The Bertz CT molecular complexity index is 504. The first-order valence-corrected chi connectivity index (χ1v) is 6.42. The van der Waals surface area contributed by atoms with E-state index in [-0.39, 0.29) is 11.9 Å². The van der Waals surface area contributed by atoms with Crippen molar-refractivity contribution in [2.24, 2.45) is 0 Å². The molecular weight excluding hydrogens is 253 g/mol. The van der Waals surface area contributed by atoms with Crippen LogP contribution in [0.15, 0.2) is 23.7 Å². The van der Waals surface area contributed by atoms with E-state index in [1.165, 1.54) is 12.0 Å². The summed E-state index contributed by atoms with van der Waals surface area (Å²) < 4.78 is 17.9. The molecule has 2 rings (SSSR count). The number of nitrogens with one attached hydrogen (secondary N) is 1. The highest BCUT2D eigenvalue weighted by atomic mass is 32.1. The smallest absolute Gasteiger partial charge is 0.255 e. The molecule has 96 valence electrons. The first kappa shape index (κ1) is 12.8. The molecule has 0 radical (unpaired) electrons. The highest BCUT2D eigenvalue weighted by Crippen LogP contribution is 2.16. The minimum atomic E-state index is -0.561. The number of halogens is 1. The summed E-state index contributed by atoms with van der Waals surface area (Å²) in [5.41, 5.74) is 0. The molecule has 0 aromatic carbocycles. The molecule has 0 amide bonds. The van der Waals surface area contributed by atoms with Crippen LogP contribution in [0, 0.1) is 5.82 Å². The lowest BCUT2D eigenvalue weighted by Gasteiger charge is -2.13. The molecule has 0 fully saturated rings. The van der Waals surface area contributed by atoms with Crippen molar-refractivity contribution in [1.29, 1.82) is 0 Å². The van der Waals surface area contributed by atoms with Gasteiger partial charge in [0.15, 0.2) is 0 Å². The first-order valence-electron chi connectivity index (χ1n) is 5.54. The zero-order chi connectivity index (χ0) is 13.0. The Hall–Kier alpha value is -1.69. The van der Waals surface area contributed by atoms with Crippen molar-refractivity contribution in [3.05, 3.63) is 34.4 Å². The third-order valence-electron chi connectivity index (χ3n) is 2.37. The Labute approximate surface area is 109 Å². The van der Waals surface area contributed by atoms with E-state index in [9.17, 15) is 4.39 Å². The predicted molar refractivity (Wildman–Crippen MR) is 69.6 cm³/mol. The molecule has 1 atom stereocenters. The SMILES string of the molecule is COc1nc(NC(C)Cc2cccs2)ncc1F. The molecular formula is C12H14FN3OS. The van der Waals surface area contributed by atoms with E-state index >= 15 is 0 Å². The van der Waals surface area contributed by atoms with E-state index < -0.39 is 5.82 Å². The van der Waals surface area contributed by atoms with E-state index in [1.54, 1.807) is 11.3 Å². The Morgan fingerprint density at radius 1 is 1.56 bits per heavy atom. The van der Waals surface area contributed by atoms with Gasteiger partial charge in [-0.25, -0.2) is 4.98 Å². The summed E-state index contributed by atoms with van der Waals surface area (Å²) in [7, 11) is 1.38. The van der Waals surface area contributed by atoms with Crippen LogP contribution >= 0.6 is 11.3 Å². The van der Waals surface area contributed by atoms with E-state index in [1.807, 2.05) is 18.4 Å². The highest BCUT2D eigenvalue weighted by molar-refractivity contribution is 7.09. The number of hydrogen-bond acceptors (Lipinski definition) is 5. The number of hydrogen-bond donors (Lipinski definition) is 1. The Kier molecular flexibility index (Phi) is 4.09. The lowest BCUT2D eigenvalue weighted by atomic mass is 10.2. The van der Waals surface area contributed by atoms with Crippen molar-refractivity contribution in [1.82, 2.24) is 9.97 Å². The normalized spacial score (nSPS) is 12.2. The predicted octanol–water partition coefficient (Wildman–Crippen LogP) is 2.73. The van der Waals surface area contributed by atoms with Gasteiger partial charge in [0.2, 0.25) is 11.8 Å². The number of anilines is 1. The molecule has 0 spiro atoms. The monoisotopic (exact) mass is 267 g/mol. The molecule has 1 N–H and O–H groups in total. The fourth-order valence-electron chi connectivity index (χ4n) is 1.57. The molecule has 0 aliphatic rings. The summed E-state index contributed by atoms with van der Waals surface area (Å²) in [6.45, 7) is 2.03. The van der Waals surface area contributed by atoms with Crippen LogP contribution in [0.1, 0.15) is 11.8 Å². The summed E-state index contributed by atoms with van der Waals surface area (Å²) in [5, 5.41) is 5.16. The van der Waals surface area contributed by atoms with Gasteiger partial charge >= 0.3 is 0 Å². The number of methoxy groups -OCH3 is 1. The van der Waals surface area contributed by atoms with E-state index in [4.69, 9.17) is 4.74 Å². The molecule has 6 heteroatoms. The standard InChI is InChI=1S/C12H14FN3OS/c1-8(6-9-4-3-5-18-9)15-12-14-7-10(13)11(16-12)17-2/h3-5,7-8H,6H2,1-2H3,(H,14,15,16). The molecule has 0 bridgehead atoms. The molecule has 0 saturated heterocycles. The van der Waals surface area contributed by atoms with Crippen molar-refractivity contribution in [3.8, 4) is 5.88 Å². The van der Waals surface area contributed by atoms with Crippen molar-refractivity contribution in [2.75, 3.05) is 12.4 Å². The van der Waals surface area contributed by atoms with Crippen LogP contribution in [-0.4, -0.2) is 23.1 Å². The molecule has 0 saturated carbocycles. The average molecular weight is 267 g/mol. The Morgan fingerprint density at radius 2 is 2.39 bits per heavy atom. The quantitative estimate of drug-likeness (QED) is 0.905. The summed E-state index contributed by atoms with van der Waals surface area (Å²) in [4.78, 5) is 9.11. The summed E-state index contributed by atoms with van der Waals surface area (Å²) in [6, 6.07) is 4.26. The lowest BCUT2D eigenvalue weighted by Crippen LogP contribution is -2.19. The maximum Gasteiger partial charge on any atom is 0.255 e. The lowest BCUT2D eigenvalue weighted by molar-refractivity contribution is 0.367. The number of rotatable bonds is 5. The van der Waals surface area contributed by atoms with Gasteiger partial charge in [0, 0.05) is 17.3 Å². The second-order valence-corrected chi connectivity index (χ2v) is 4.91. The van der Waals surface area contributed by atoms with Crippen LogP contribution in [0.5, 0.6) is 5.88 Å². The summed E-state index contributed by atoms with van der Waals surface area (Å²) in [5.74, 6) is -0.234. The van der Waals surface area contributed by atoms with Gasteiger partial charge in [0.05, 0.1) is 13.3 Å². The van der Waals surface area contributed by atoms with Crippen molar-refractivity contribution in [3.63, 3.8) is 0 Å². The van der Waals surface area contributed by atoms with Gasteiger partial charge in [0.1, 0.15) is 0 Å². The van der Waals surface area contributed by atoms with Gasteiger partial charge in [-0.1, -0.05) is 6.07 Å². The third-order valence-corrected chi connectivity index (χ3v) is 3.27. The van der Waals surface area contributed by atoms with Gasteiger partial charge in [-0.3, -0.25) is 0 Å². The second kappa shape index (κ2) is 5.77. The maximum atomic E-state index is 13.1. The topological polar surface area (TPSA) is 47.0 Å². The Morgan fingerprint density at radius 3 is 3.06 bits per heavy atom. The largest absolute Gasteiger partial charge is 0.479 e. The highest BCUT2D eigenvalue weighted by Gasteiger charge is 2.10. The van der Waals surface area contributed by atoms with Crippen LogP contribution in [0.25, 0.3) is 0 Å². The summed E-state index contributed by atoms with van der Waals surface area (Å²) >= 11 is 1.71. The molecule has 4 nitrogen and oxygen atoms in total. The van der Waals surface area contributed by atoms with Crippen LogP contribution in [0.2, 0.25) is 0 Å². The van der Waals surface area contributed by atoms with Crippen molar-refractivity contribution < 1.29 is 9.13 Å². The van der Waals surface area contributed by atoms with Crippen molar-refractivity contribution in [2.45, 2.75) is 19.4 Å². The van der Waals surface area contributed by atoms with E-state index in [0.717, 1.165) is 12.6 Å². The van der Waals surface area contributed by atoms with Gasteiger partial charge < -0.3 is 10.1 Å². The first-order chi connectivity index (χ1) is 8.69. The van der Waals surface area contributed by atoms with Gasteiger partial charge in [-0.05, 0) is 18.4 Å². The molecule has 2 aromatic heterocycles. The fraction of sp³-hybridized carbons (Fsp3) is 0.333. The van der Waals surface area contributed by atoms with Gasteiger partial charge in [-0.15, -0.1) is 11.3 Å². The zero-order valence-corrected chi connectivity index (χ0v) is 11.0. The van der Waals surface area contributed by atoms with Gasteiger partial charge in [-0.2, -0.15) is 9.37 Å². The average Bonchev–Trinajstić information content (AvgIpc) is 2.84. The van der Waals surface area contributed by atoms with E-state index in [2.05, 4.69) is 21.4 Å². The number of nitrogens with zero attached hydrogens (tertiary/aromatic N) is 2. The van der Waals surface area contributed by atoms with Crippen LogP contribution in [0.3, 0.4) is 0 Å². The summed E-state index contributed by atoms with van der Waals surface area (Å²) in [6.07, 6.45) is 1.98. The second-order valence-electron chi connectivity index (χ2n) is 3.88. The molecule has 2 heterocycles. The maximum absolute atomic E-state index is 13.1. The molecule has 1 unspecified atom stereocenters. The third kappa shape index (κ3) is 3.16. The number of thiophene rings is 1. The van der Waals surface area contributed by atoms with Crippen LogP contribution in [0.4, 0.5) is 10.3 Å². The number of aromatic nitrogens is 2.